The van der Waals surface area contributed by atoms with Gasteiger partial charge in [0.05, 0.1) is 5.56 Å². The fraction of sp³-hybridized carbons (Fsp3) is 0.143. The van der Waals surface area contributed by atoms with Crippen molar-refractivity contribution in [2.24, 2.45) is 0 Å². The largest absolute Gasteiger partial charge is 0.457 e. The molecule has 100 valence electrons. The molecule has 0 amide bonds. The van der Waals surface area contributed by atoms with E-state index in [1.807, 2.05) is 19.1 Å². The molecular formula is C14H10BrF3O. The van der Waals surface area contributed by atoms with Gasteiger partial charge in [-0.3, -0.25) is 0 Å². The summed E-state index contributed by atoms with van der Waals surface area (Å²) >= 11 is 3.37. The van der Waals surface area contributed by atoms with Crippen molar-refractivity contribution in [2.75, 3.05) is 0 Å². The summed E-state index contributed by atoms with van der Waals surface area (Å²) < 4.78 is 43.6. The van der Waals surface area contributed by atoms with E-state index in [0.29, 0.717) is 11.5 Å². The number of hydrogen-bond donors (Lipinski definition) is 0. The van der Waals surface area contributed by atoms with E-state index in [2.05, 4.69) is 15.9 Å². The minimum absolute atomic E-state index is 0.370. The third-order valence-corrected chi connectivity index (χ3v) is 3.44. The number of hydrogen-bond acceptors (Lipinski definition) is 1. The van der Waals surface area contributed by atoms with Crippen molar-refractivity contribution in [2.45, 2.75) is 13.1 Å². The molecule has 0 bridgehead atoms. The molecule has 0 aliphatic heterocycles. The number of rotatable bonds is 2. The number of halogens is 4. The molecule has 1 nitrogen and oxygen atoms in total. The zero-order chi connectivity index (χ0) is 14.0. The highest BCUT2D eigenvalue weighted by molar-refractivity contribution is 9.10. The fourth-order valence-electron chi connectivity index (χ4n) is 1.53. The van der Waals surface area contributed by atoms with Gasteiger partial charge in [0.15, 0.2) is 0 Å². The van der Waals surface area contributed by atoms with E-state index < -0.39 is 11.7 Å². The number of alkyl halides is 3. The van der Waals surface area contributed by atoms with Crippen molar-refractivity contribution in [1.82, 2.24) is 0 Å². The molecule has 0 heterocycles. The zero-order valence-electron chi connectivity index (χ0n) is 9.96. The van der Waals surface area contributed by atoms with Crippen LogP contribution in [0.3, 0.4) is 0 Å². The Bertz CT molecular complexity index is 576. The minimum Gasteiger partial charge on any atom is -0.457 e. The first kappa shape index (κ1) is 13.9. The molecule has 0 aliphatic carbocycles. The van der Waals surface area contributed by atoms with Crippen molar-refractivity contribution < 1.29 is 17.9 Å². The van der Waals surface area contributed by atoms with E-state index in [0.717, 1.165) is 22.2 Å². The van der Waals surface area contributed by atoms with Gasteiger partial charge in [-0.25, -0.2) is 0 Å². The second-order valence-electron chi connectivity index (χ2n) is 4.04. The summed E-state index contributed by atoms with van der Waals surface area (Å²) in [5.74, 6) is 0.954. The van der Waals surface area contributed by atoms with Gasteiger partial charge in [0.2, 0.25) is 0 Å². The maximum atomic E-state index is 12.4. The lowest BCUT2D eigenvalue weighted by Crippen LogP contribution is -2.03. The molecule has 0 unspecified atom stereocenters. The first-order valence-electron chi connectivity index (χ1n) is 5.47. The van der Waals surface area contributed by atoms with E-state index in [1.165, 1.54) is 12.1 Å². The monoisotopic (exact) mass is 330 g/mol. The average Bonchev–Trinajstić information content (AvgIpc) is 2.33. The highest BCUT2D eigenvalue weighted by Crippen LogP contribution is 2.32. The third-order valence-electron chi connectivity index (χ3n) is 2.55. The third kappa shape index (κ3) is 3.50. The van der Waals surface area contributed by atoms with Crippen LogP contribution in [-0.2, 0) is 6.18 Å². The lowest BCUT2D eigenvalue weighted by atomic mass is 10.2. The van der Waals surface area contributed by atoms with Crippen LogP contribution in [0.25, 0.3) is 0 Å². The van der Waals surface area contributed by atoms with Gasteiger partial charge < -0.3 is 4.74 Å². The second-order valence-corrected chi connectivity index (χ2v) is 4.89. The van der Waals surface area contributed by atoms with Crippen LogP contribution in [0.5, 0.6) is 11.5 Å². The Labute approximate surface area is 117 Å². The first-order valence-corrected chi connectivity index (χ1v) is 6.27. The fourth-order valence-corrected chi connectivity index (χ4v) is 1.78. The Morgan fingerprint density at radius 2 is 1.53 bits per heavy atom. The smallest absolute Gasteiger partial charge is 0.416 e. The van der Waals surface area contributed by atoms with Gasteiger partial charge in [-0.05, 0) is 55.0 Å². The molecule has 5 heteroatoms. The van der Waals surface area contributed by atoms with Gasteiger partial charge in [0.1, 0.15) is 11.5 Å². The van der Waals surface area contributed by atoms with Crippen molar-refractivity contribution >= 4 is 15.9 Å². The summed E-state index contributed by atoms with van der Waals surface area (Å²) in [6.45, 7) is 1.91. The standard InChI is InChI=1S/C14H10BrF3O/c1-9-8-12(6-7-13(9)15)19-11-4-2-10(3-5-11)14(16,17)18/h2-8H,1H3. The van der Waals surface area contributed by atoms with Crippen LogP contribution in [-0.4, -0.2) is 0 Å². The minimum atomic E-state index is -4.33. The maximum Gasteiger partial charge on any atom is 0.416 e. The second kappa shape index (κ2) is 5.25. The molecule has 0 radical (unpaired) electrons. The van der Waals surface area contributed by atoms with Crippen LogP contribution in [0.2, 0.25) is 0 Å². The van der Waals surface area contributed by atoms with Crippen LogP contribution in [0.4, 0.5) is 13.2 Å². The summed E-state index contributed by atoms with van der Waals surface area (Å²) in [4.78, 5) is 0. The van der Waals surface area contributed by atoms with Crippen LogP contribution in [0.15, 0.2) is 46.9 Å². The molecular weight excluding hydrogens is 321 g/mol. The molecule has 0 fully saturated rings. The molecule has 0 saturated heterocycles. The van der Waals surface area contributed by atoms with Gasteiger partial charge >= 0.3 is 6.18 Å². The maximum absolute atomic E-state index is 12.4. The van der Waals surface area contributed by atoms with Crippen LogP contribution < -0.4 is 4.74 Å². The van der Waals surface area contributed by atoms with E-state index >= 15 is 0 Å². The highest BCUT2D eigenvalue weighted by atomic mass is 79.9. The van der Waals surface area contributed by atoms with Crippen LogP contribution in [0, 0.1) is 6.92 Å². The Kier molecular flexibility index (Phi) is 3.85. The van der Waals surface area contributed by atoms with Gasteiger partial charge in [0, 0.05) is 4.47 Å². The quantitative estimate of drug-likeness (QED) is 0.699. The molecule has 0 spiro atoms. The molecule has 2 rings (SSSR count). The molecule has 19 heavy (non-hydrogen) atoms. The van der Waals surface area contributed by atoms with Crippen molar-refractivity contribution in [3.63, 3.8) is 0 Å². The number of benzene rings is 2. The molecule has 0 N–H and O–H groups in total. The van der Waals surface area contributed by atoms with Crippen molar-refractivity contribution in [3.05, 3.63) is 58.1 Å². The average molecular weight is 331 g/mol. The predicted molar refractivity (Wildman–Crippen MR) is 70.4 cm³/mol. The summed E-state index contributed by atoms with van der Waals surface area (Å²) in [5, 5.41) is 0. The lowest BCUT2D eigenvalue weighted by Gasteiger charge is -2.09. The Morgan fingerprint density at radius 3 is 2.05 bits per heavy atom. The van der Waals surface area contributed by atoms with E-state index in [1.54, 1.807) is 6.07 Å². The topological polar surface area (TPSA) is 9.23 Å². The Hall–Kier alpha value is -1.49. The van der Waals surface area contributed by atoms with Crippen molar-refractivity contribution in [1.29, 1.82) is 0 Å². The molecule has 0 atom stereocenters. The summed E-state index contributed by atoms with van der Waals surface area (Å²) in [6.07, 6.45) is -4.33. The lowest BCUT2D eigenvalue weighted by molar-refractivity contribution is -0.137. The molecule has 2 aromatic carbocycles. The first-order chi connectivity index (χ1) is 8.86. The highest BCUT2D eigenvalue weighted by Gasteiger charge is 2.30. The Balaban J connectivity index is 2.17. The van der Waals surface area contributed by atoms with Crippen molar-refractivity contribution in [3.8, 4) is 11.5 Å². The van der Waals surface area contributed by atoms with Gasteiger partial charge in [0.25, 0.3) is 0 Å². The van der Waals surface area contributed by atoms with Gasteiger partial charge in [-0.2, -0.15) is 13.2 Å². The molecule has 2 aromatic rings. The van der Waals surface area contributed by atoms with E-state index in [9.17, 15) is 13.2 Å². The number of ether oxygens (including phenoxy) is 1. The van der Waals surface area contributed by atoms with E-state index in [-0.39, 0.29) is 0 Å². The van der Waals surface area contributed by atoms with E-state index in [4.69, 9.17) is 4.74 Å². The summed E-state index contributed by atoms with van der Waals surface area (Å²) in [7, 11) is 0. The molecule has 0 aliphatic rings. The van der Waals surface area contributed by atoms with Gasteiger partial charge in [-0.1, -0.05) is 15.9 Å². The normalized spacial score (nSPS) is 11.4. The zero-order valence-corrected chi connectivity index (χ0v) is 11.5. The molecule has 0 aromatic heterocycles. The molecule has 0 saturated carbocycles. The SMILES string of the molecule is Cc1cc(Oc2ccc(C(F)(F)F)cc2)ccc1Br. The Morgan fingerprint density at radius 1 is 0.947 bits per heavy atom. The van der Waals surface area contributed by atoms with Crippen LogP contribution in [0.1, 0.15) is 11.1 Å². The predicted octanol–water partition coefficient (Wildman–Crippen LogP) is 5.57. The number of aryl methyl sites for hydroxylation is 1. The summed E-state index contributed by atoms with van der Waals surface area (Å²) in [5.41, 5.74) is 0.302. The van der Waals surface area contributed by atoms with Crippen LogP contribution >= 0.6 is 15.9 Å². The summed E-state index contributed by atoms with van der Waals surface area (Å²) in [6, 6.07) is 9.99. The van der Waals surface area contributed by atoms with Gasteiger partial charge in [-0.15, -0.1) is 0 Å².